The van der Waals surface area contributed by atoms with Gasteiger partial charge in [0.25, 0.3) is 0 Å². The fraction of sp³-hybridized carbons (Fsp3) is 0.476. The fourth-order valence-corrected chi connectivity index (χ4v) is 8.68. The first-order chi connectivity index (χ1) is 27.0. The molecule has 4 heterocycles. The van der Waals surface area contributed by atoms with Crippen LogP contribution in [0.5, 0.6) is 0 Å². The lowest BCUT2D eigenvalue weighted by Crippen LogP contribution is -2.54. The van der Waals surface area contributed by atoms with Crippen molar-refractivity contribution in [2.75, 3.05) is 20.8 Å². The number of alkyl carbamates (subject to hydrolysis) is 2. The number of fused-ring (bicyclic) bond motifs is 2. The summed E-state index contributed by atoms with van der Waals surface area (Å²) in [4.78, 5) is 71.7. The van der Waals surface area contributed by atoms with Crippen LogP contribution in [0, 0.1) is 17.8 Å². The molecule has 4 amide bonds. The summed E-state index contributed by atoms with van der Waals surface area (Å²) in [5, 5.41) is 5.45. The van der Waals surface area contributed by atoms with Crippen LogP contribution in [0.15, 0.2) is 60.9 Å². The highest BCUT2D eigenvalue weighted by Crippen LogP contribution is 2.50. The number of nitrogens with zero attached hydrogens (tertiary/aromatic N) is 4. The Bertz CT molecular complexity index is 2040. The molecule has 1 aliphatic carbocycles. The highest BCUT2D eigenvalue weighted by molar-refractivity contribution is 5.87. The maximum Gasteiger partial charge on any atom is 0.407 e. The number of carbonyl (C=O) groups is 4. The number of likely N-dealkylation sites (tertiary alicyclic amines) is 2. The molecule has 0 unspecified atom stereocenters. The molecule has 2 aromatic heterocycles. The van der Waals surface area contributed by atoms with E-state index in [-0.39, 0.29) is 41.8 Å². The lowest BCUT2D eigenvalue weighted by molar-refractivity contribution is -0.139. The number of aromatic nitrogens is 4. The number of nitrogens with one attached hydrogen (secondary N) is 4. The van der Waals surface area contributed by atoms with E-state index in [0.717, 1.165) is 77.4 Å². The van der Waals surface area contributed by atoms with Gasteiger partial charge in [-0.2, -0.15) is 0 Å². The maximum atomic E-state index is 13.9. The van der Waals surface area contributed by atoms with Gasteiger partial charge in [0, 0.05) is 12.6 Å². The van der Waals surface area contributed by atoms with Crippen molar-refractivity contribution in [1.82, 2.24) is 40.4 Å². The number of carbonyl (C=O) groups excluding carboxylic acids is 4. The normalized spacial score (nSPS) is 21.4. The second-order valence-corrected chi connectivity index (χ2v) is 15.8. The van der Waals surface area contributed by atoms with Gasteiger partial charge in [-0.05, 0) is 72.1 Å². The molecular weight excluding hydrogens is 713 g/mol. The Morgan fingerprint density at radius 3 is 1.73 bits per heavy atom. The van der Waals surface area contributed by atoms with Crippen LogP contribution in [-0.2, 0) is 19.1 Å². The maximum absolute atomic E-state index is 13.9. The molecule has 3 fully saturated rings. The summed E-state index contributed by atoms with van der Waals surface area (Å²) >= 11 is 0. The van der Waals surface area contributed by atoms with Gasteiger partial charge >= 0.3 is 12.2 Å². The summed E-state index contributed by atoms with van der Waals surface area (Å²) in [6.45, 7) is 8.25. The predicted octanol–water partition coefficient (Wildman–Crippen LogP) is 6.61. The van der Waals surface area contributed by atoms with Crippen LogP contribution in [-0.4, -0.2) is 92.6 Å². The van der Waals surface area contributed by atoms with Crippen molar-refractivity contribution < 1.29 is 28.7 Å². The Hall–Kier alpha value is -5.66. The third-order valence-electron chi connectivity index (χ3n) is 11.7. The third-order valence-corrected chi connectivity index (χ3v) is 11.7. The highest BCUT2D eigenvalue weighted by atomic mass is 16.5. The van der Waals surface area contributed by atoms with Crippen molar-refractivity contribution >= 4 is 24.0 Å². The Morgan fingerprint density at radius 1 is 0.696 bits per heavy atom. The molecular formula is C42H52N8O6. The summed E-state index contributed by atoms with van der Waals surface area (Å²) in [6.07, 6.45) is 6.96. The quantitative estimate of drug-likeness (QED) is 0.132. The van der Waals surface area contributed by atoms with Gasteiger partial charge in [-0.1, -0.05) is 76.2 Å². The molecule has 14 heteroatoms. The SMILES string of the molecule is COC(=O)N[C@H](C(=O)N1CCC[C@H]1c1ncc(-c2ccc(-c3ccc(-c4cnc([C@H]5[C@@H]6CC[C@@H](C6)N5C(=O)[C@@H](NC(=O)OC)C(C)C)[nH]4)cc3)cc2)[nH]1)C(C)C. The van der Waals surface area contributed by atoms with Gasteiger partial charge in [0.2, 0.25) is 11.8 Å². The van der Waals surface area contributed by atoms with Crippen LogP contribution in [0.1, 0.15) is 83.5 Å². The summed E-state index contributed by atoms with van der Waals surface area (Å²) in [7, 11) is 2.59. The van der Waals surface area contributed by atoms with Gasteiger partial charge in [0.15, 0.2) is 0 Å². The monoisotopic (exact) mass is 764 g/mol. The van der Waals surface area contributed by atoms with E-state index in [4.69, 9.17) is 14.5 Å². The minimum atomic E-state index is -0.687. The number of rotatable bonds is 11. The van der Waals surface area contributed by atoms with Crippen LogP contribution >= 0.6 is 0 Å². The van der Waals surface area contributed by atoms with Crippen molar-refractivity contribution in [1.29, 1.82) is 0 Å². The van der Waals surface area contributed by atoms with Crippen LogP contribution in [0.3, 0.4) is 0 Å². The molecule has 2 saturated heterocycles. The van der Waals surface area contributed by atoms with E-state index in [1.165, 1.54) is 14.2 Å². The standard InChI is InChI=1S/C42H52N8O6/c1-23(2)34(47-41(53)55-5)39(51)49-19-7-8-33(49)37-43-21-31(45-37)27-13-9-25(10-14-27)26-11-15-28(16-12-26)32-22-44-38(46-32)36-29-17-18-30(20-29)50(36)40(52)35(24(3)4)48-42(54)56-6/h9-16,21-24,29-30,33-36H,7-8,17-20H2,1-6H3,(H,43,45)(H,44,46)(H,47,53)(H,48,54)/t29-,30+,33+,34+,35+,36-/m1/s1. The topological polar surface area (TPSA) is 175 Å². The Balaban J connectivity index is 1.02. The van der Waals surface area contributed by atoms with Crippen molar-refractivity contribution in [3.63, 3.8) is 0 Å². The summed E-state index contributed by atoms with van der Waals surface area (Å²) in [5.74, 6) is 1.37. The number of hydrogen-bond acceptors (Lipinski definition) is 8. The number of amides is 4. The Kier molecular flexibility index (Phi) is 11.2. The second-order valence-electron chi connectivity index (χ2n) is 15.8. The molecule has 14 nitrogen and oxygen atoms in total. The number of H-pyrrole nitrogens is 2. The number of aromatic amines is 2. The minimum Gasteiger partial charge on any atom is -0.453 e. The van der Waals surface area contributed by atoms with Gasteiger partial charge in [-0.3, -0.25) is 9.59 Å². The largest absolute Gasteiger partial charge is 0.453 e. The number of ether oxygens (including phenoxy) is 2. The first-order valence-corrected chi connectivity index (χ1v) is 19.6. The lowest BCUT2D eigenvalue weighted by atomic mass is 9.95. The van der Waals surface area contributed by atoms with E-state index in [9.17, 15) is 19.2 Å². The Labute approximate surface area is 327 Å². The lowest BCUT2D eigenvalue weighted by Gasteiger charge is -2.37. The molecule has 3 aliphatic rings. The van der Waals surface area contributed by atoms with Gasteiger partial charge in [-0.15, -0.1) is 0 Å². The van der Waals surface area contributed by atoms with E-state index < -0.39 is 24.3 Å². The zero-order valence-corrected chi connectivity index (χ0v) is 32.9. The van der Waals surface area contributed by atoms with E-state index >= 15 is 0 Å². The van der Waals surface area contributed by atoms with Crippen molar-refractivity contribution in [3.05, 3.63) is 72.6 Å². The summed E-state index contributed by atoms with van der Waals surface area (Å²) in [6, 6.07) is 15.0. The van der Waals surface area contributed by atoms with Crippen molar-refractivity contribution in [2.45, 2.75) is 90.0 Å². The molecule has 1 saturated carbocycles. The predicted molar refractivity (Wildman–Crippen MR) is 210 cm³/mol. The number of piperidine rings is 1. The first-order valence-electron chi connectivity index (χ1n) is 19.6. The van der Waals surface area contributed by atoms with Crippen molar-refractivity contribution in [2.24, 2.45) is 17.8 Å². The van der Waals surface area contributed by atoms with Crippen LogP contribution < -0.4 is 10.6 Å². The highest BCUT2D eigenvalue weighted by Gasteiger charge is 2.51. The zero-order chi connectivity index (χ0) is 39.7. The molecule has 0 spiro atoms. The molecule has 4 N–H and O–H groups in total. The van der Waals surface area contributed by atoms with E-state index in [0.29, 0.717) is 12.5 Å². The summed E-state index contributed by atoms with van der Waals surface area (Å²) < 4.78 is 9.57. The number of benzene rings is 2. The van der Waals surface area contributed by atoms with Crippen LogP contribution in [0.25, 0.3) is 33.6 Å². The van der Waals surface area contributed by atoms with Gasteiger partial charge in [0.1, 0.15) is 23.7 Å². The number of hydrogen-bond donors (Lipinski definition) is 4. The number of imidazole rings is 2. The minimum absolute atomic E-state index is 0.0949. The molecule has 296 valence electrons. The molecule has 2 bridgehead atoms. The second kappa shape index (κ2) is 16.2. The molecule has 4 aromatic rings. The van der Waals surface area contributed by atoms with E-state index in [1.807, 2.05) is 43.7 Å². The fourth-order valence-electron chi connectivity index (χ4n) is 8.68. The molecule has 0 radical (unpaired) electrons. The van der Waals surface area contributed by atoms with E-state index in [2.05, 4.69) is 74.1 Å². The molecule has 2 aliphatic heterocycles. The molecule has 6 atom stereocenters. The molecule has 2 aromatic carbocycles. The van der Waals surface area contributed by atoms with Gasteiger partial charge in [-0.25, -0.2) is 19.6 Å². The smallest absolute Gasteiger partial charge is 0.407 e. The molecule has 56 heavy (non-hydrogen) atoms. The zero-order valence-electron chi connectivity index (χ0n) is 32.9. The van der Waals surface area contributed by atoms with Crippen LogP contribution in [0.2, 0.25) is 0 Å². The summed E-state index contributed by atoms with van der Waals surface area (Å²) in [5.41, 5.74) is 5.83. The average molecular weight is 765 g/mol. The number of methoxy groups -OCH3 is 2. The molecule has 7 rings (SSSR count). The third kappa shape index (κ3) is 7.61. The van der Waals surface area contributed by atoms with Crippen molar-refractivity contribution in [3.8, 4) is 33.6 Å². The van der Waals surface area contributed by atoms with Gasteiger partial charge < -0.3 is 39.9 Å². The average Bonchev–Trinajstić information content (AvgIpc) is 4.06. The van der Waals surface area contributed by atoms with E-state index in [1.54, 1.807) is 6.20 Å². The first kappa shape index (κ1) is 38.6. The van der Waals surface area contributed by atoms with Crippen LogP contribution in [0.4, 0.5) is 9.59 Å². The van der Waals surface area contributed by atoms with Gasteiger partial charge in [0.05, 0.1) is 50.1 Å². The Morgan fingerprint density at radius 2 is 1.20 bits per heavy atom.